The summed E-state index contributed by atoms with van der Waals surface area (Å²) in [4.78, 5) is 1.56. The number of alkyl halides is 3. The minimum atomic E-state index is -4.49. The fourth-order valence-corrected chi connectivity index (χ4v) is 2.54. The molecule has 1 heterocycles. The number of rotatable bonds is 2. The van der Waals surface area contributed by atoms with Crippen molar-refractivity contribution in [3.8, 4) is 0 Å². The van der Waals surface area contributed by atoms with Crippen LogP contribution in [0.3, 0.4) is 0 Å². The largest absolute Gasteiger partial charge is 0.417 e. The molecule has 1 unspecified atom stereocenters. The number of halogens is 3. The lowest BCUT2D eigenvalue weighted by molar-refractivity contribution is -0.137. The molecule has 1 atom stereocenters. The number of piperidine rings is 1. The van der Waals surface area contributed by atoms with Crippen LogP contribution in [0.4, 0.5) is 18.9 Å². The van der Waals surface area contributed by atoms with E-state index in [1.807, 2.05) is 4.90 Å². The fraction of sp³-hybridized carbons (Fsp3) is 0.462. The standard InChI is InChI=1S/C13H15F3N2OS/c14-13(15,16)11-4-3-8(6-10(11)12(17)20)18-5-1-2-9(19)7-18/h3-4,6,9,19H,1-2,5,7H2,(H2,17,20). The molecular formula is C13H15F3N2OS. The van der Waals surface area contributed by atoms with E-state index >= 15 is 0 Å². The van der Waals surface area contributed by atoms with Gasteiger partial charge in [0.15, 0.2) is 0 Å². The Morgan fingerprint density at radius 2 is 2.10 bits per heavy atom. The van der Waals surface area contributed by atoms with Gasteiger partial charge in [0.25, 0.3) is 0 Å². The van der Waals surface area contributed by atoms with Crippen LogP contribution in [0.5, 0.6) is 0 Å². The molecule has 0 radical (unpaired) electrons. The molecular weight excluding hydrogens is 289 g/mol. The van der Waals surface area contributed by atoms with Crippen LogP contribution in [0.25, 0.3) is 0 Å². The molecule has 1 fully saturated rings. The van der Waals surface area contributed by atoms with Crippen molar-refractivity contribution in [3.63, 3.8) is 0 Å². The Hall–Kier alpha value is -1.34. The Balaban J connectivity index is 2.37. The summed E-state index contributed by atoms with van der Waals surface area (Å²) in [6, 6.07) is 3.73. The van der Waals surface area contributed by atoms with Crippen molar-refractivity contribution in [2.75, 3.05) is 18.0 Å². The molecule has 1 aliphatic heterocycles. The lowest BCUT2D eigenvalue weighted by atomic mass is 10.0. The number of hydrogen-bond donors (Lipinski definition) is 2. The van der Waals surface area contributed by atoms with E-state index < -0.39 is 17.8 Å². The first-order chi connectivity index (χ1) is 9.29. The van der Waals surface area contributed by atoms with Crippen LogP contribution < -0.4 is 10.6 Å². The first-order valence-electron chi connectivity index (χ1n) is 6.23. The second-order valence-electron chi connectivity index (χ2n) is 4.83. The number of aliphatic hydroxyl groups is 1. The van der Waals surface area contributed by atoms with Gasteiger partial charge >= 0.3 is 6.18 Å². The number of aliphatic hydroxyl groups excluding tert-OH is 1. The van der Waals surface area contributed by atoms with Crippen molar-refractivity contribution in [1.82, 2.24) is 0 Å². The highest BCUT2D eigenvalue weighted by Crippen LogP contribution is 2.34. The van der Waals surface area contributed by atoms with Gasteiger partial charge in [-0.1, -0.05) is 12.2 Å². The molecule has 0 aliphatic carbocycles. The number of anilines is 1. The Morgan fingerprint density at radius 3 is 2.65 bits per heavy atom. The molecule has 0 spiro atoms. The van der Waals surface area contributed by atoms with Crippen LogP contribution >= 0.6 is 12.2 Å². The normalized spacial score (nSPS) is 20.0. The summed E-state index contributed by atoms with van der Waals surface area (Å²) >= 11 is 4.71. The van der Waals surface area contributed by atoms with Gasteiger partial charge in [0, 0.05) is 24.3 Å². The fourth-order valence-electron chi connectivity index (χ4n) is 2.37. The molecule has 0 bridgehead atoms. The van der Waals surface area contributed by atoms with Crippen LogP contribution in [0.1, 0.15) is 24.0 Å². The van der Waals surface area contributed by atoms with Gasteiger partial charge < -0.3 is 15.7 Å². The number of nitrogens with two attached hydrogens (primary N) is 1. The Kier molecular flexibility index (Phi) is 4.19. The zero-order valence-electron chi connectivity index (χ0n) is 10.7. The smallest absolute Gasteiger partial charge is 0.391 e. The minimum Gasteiger partial charge on any atom is -0.391 e. The molecule has 2 rings (SSSR count). The zero-order chi connectivity index (χ0) is 14.9. The van der Waals surface area contributed by atoms with Crippen molar-refractivity contribution >= 4 is 22.9 Å². The first kappa shape index (κ1) is 15.1. The van der Waals surface area contributed by atoms with Gasteiger partial charge in [0.05, 0.1) is 11.7 Å². The van der Waals surface area contributed by atoms with E-state index in [2.05, 4.69) is 0 Å². The highest BCUT2D eigenvalue weighted by atomic mass is 32.1. The summed E-state index contributed by atoms with van der Waals surface area (Å²) < 4.78 is 38.6. The molecule has 1 aromatic carbocycles. The highest BCUT2D eigenvalue weighted by molar-refractivity contribution is 7.80. The second-order valence-corrected chi connectivity index (χ2v) is 5.27. The quantitative estimate of drug-likeness (QED) is 0.823. The average molecular weight is 304 g/mol. The number of benzene rings is 1. The molecule has 0 saturated carbocycles. The molecule has 110 valence electrons. The van der Waals surface area contributed by atoms with E-state index in [1.165, 1.54) is 12.1 Å². The van der Waals surface area contributed by atoms with Gasteiger partial charge in [-0.2, -0.15) is 13.2 Å². The van der Waals surface area contributed by atoms with E-state index in [-0.39, 0.29) is 10.6 Å². The van der Waals surface area contributed by atoms with E-state index in [0.29, 0.717) is 25.2 Å². The van der Waals surface area contributed by atoms with E-state index in [0.717, 1.165) is 12.5 Å². The summed E-state index contributed by atoms with van der Waals surface area (Å²) in [5.74, 6) is 0. The number of thiocarbonyl (C=S) groups is 1. The molecule has 1 aliphatic rings. The average Bonchev–Trinajstić information content (AvgIpc) is 2.37. The zero-order valence-corrected chi connectivity index (χ0v) is 11.5. The van der Waals surface area contributed by atoms with Gasteiger partial charge in [-0.3, -0.25) is 0 Å². The van der Waals surface area contributed by atoms with Crippen LogP contribution in [0, 0.1) is 0 Å². The molecule has 3 N–H and O–H groups in total. The molecule has 3 nitrogen and oxygen atoms in total. The van der Waals surface area contributed by atoms with Crippen LogP contribution in [0.15, 0.2) is 18.2 Å². The van der Waals surface area contributed by atoms with Crippen molar-refractivity contribution in [3.05, 3.63) is 29.3 Å². The summed E-state index contributed by atoms with van der Waals surface area (Å²) in [6.07, 6.45) is -3.44. The molecule has 7 heteroatoms. The highest BCUT2D eigenvalue weighted by Gasteiger charge is 2.34. The van der Waals surface area contributed by atoms with Crippen molar-refractivity contribution in [2.24, 2.45) is 5.73 Å². The lowest BCUT2D eigenvalue weighted by Gasteiger charge is -2.32. The third-order valence-corrected chi connectivity index (χ3v) is 3.56. The Labute approximate surface area is 120 Å². The predicted octanol–water partition coefficient (Wildman–Crippen LogP) is 2.30. The molecule has 0 amide bonds. The van der Waals surface area contributed by atoms with Gasteiger partial charge in [0.1, 0.15) is 4.99 Å². The van der Waals surface area contributed by atoms with Gasteiger partial charge in [0.2, 0.25) is 0 Å². The minimum absolute atomic E-state index is 0.176. The molecule has 1 aromatic rings. The third-order valence-electron chi connectivity index (χ3n) is 3.34. The number of hydrogen-bond acceptors (Lipinski definition) is 3. The monoisotopic (exact) mass is 304 g/mol. The molecule has 20 heavy (non-hydrogen) atoms. The summed E-state index contributed by atoms with van der Waals surface area (Å²) in [5, 5.41) is 9.63. The predicted molar refractivity (Wildman–Crippen MR) is 74.8 cm³/mol. The van der Waals surface area contributed by atoms with Crippen molar-refractivity contribution < 1.29 is 18.3 Å². The maximum absolute atomic E-state index is 12.9. The summed E-state index contributed by atoms with van der Waals surface area (Å²) in [7, 11) is 0. The topological polar surface area (TPSA) is 49.5 Å². The summed E-state index contributed by atoms with van der Waals surface area (Å²) in [6.45, 7) is 1.10. The van der Waals surface area contributed by atoms with Crippen molar-refractivity contribution in [2.45, 2.75) is 25.1 Å². The van der Waals surface area contributed by atoms with E-state index in [1.54, 1.807) is 0 Å². The van der Waals surface area contributed by atoms with Gasteiger partial charge in [-0.05, 0) is 31.0 Å². The van der Waals surface area contributed by atoms with Crippen molar-refractivity contribution in [1.29, 1.82) is 0 Å². The van der Waals surface area contributed by atoms with E-state index in [4.69, 9.17) is 18.0 Å². The maximum Gasteiger partial charge on any atom is 0.417 e. The Morgan fingerprint density at radius 1 is 1.40 bits per heavy atom. The number of β-amino-alcohol motifs (C(OH)–C–C–N with tert-alkyl or cyclic N) is 1. The Bertz CT molecular complexity index is 519. The van der Waals surface area contributed by atoms with Gasteiger partial charge in [-0.25, -0.2) is 0 Å². The number of nitrogens with zero attached hydrogens (tertiary/aromatic N) is 1. The second kappa shape index (κ2) is 5.57. The van der Waals surface area contributed by atoms with Crippen LogP contribution in [0.2, 0.25) is 0 Å². The van der Waals surface area contributed by atoms with Gasteiger partial charge in [-0.15, -0.1) is 0 Å². The molecule has 1 saturated heterocycles. The van der Waals surface area contributed by atoms with E-state index in [9.17, 15) is 18.3 Å². The van der Waals surface area contributed by atoms with Crippen LogP contribution in [-0.2, 0) is 6.18 Å². The lowest BCUT2D eigenvalue weighted by Crippen LogP contribution is -2.38. The third kappa shape index (κ3) is 3.21. The van der Waals surface area contributed by atoms with Crippen LogP contribution in [-0.4, -0.2) is 29.3 Å². The maximum atomic E-state index is 12.9. The molecule has 0 aromatic heterocycles. The SMILES string of the molecule is NC(=S)c1cc(N2CCCC(O)C2)ccc1C(F)(F)F. The summed E-state index contributed by atoms with van der Waals surface area (Å²) in [5.41, 5.74) is 4.99. The first-order valence-corrected chi connectivity index (χ1v) is 6.64.